The summed E-state index contributed by atoms with van der Waals surface area (Å²) in [5.41, 5.74) is 2.16. The molecule has 0 saturated carbocycles. The van der Waals surface area contributed by atoms with Gasteiger partial charge in [-0.2, -0.15) is 5.10 Å². The fraction of sp³-hybridized carbons (Fsp3) is 0.636. The second-order valence-corrected chi connectivity index (χ2v) is 5.26. The number of aryl methyl sites for hydroxylation is 2. The van der Waals surface area contributed by atoms with Crippen LogP contribution in [0.4, 0.5) is 0 Å². The highest BCUT2D eigenvalue weighted by Gasteiger charge is 2.13. The van der Waals surface area contributed by atoms with Crippen LogP contribution in [0.15, 0.2) is 4.47 Å². The lowest BCUT2D eigenvalue weighted by Crippen LogP contribution is -2.07. The lowest BCUT2D eigenvalue weighted by atomic mass is 10.3. The van der Waals surface area contributed by atoms with Gasteiger partial charge in [-0.05, 0) is 29.3 Å². The number of halogens is 1. The monoisotopic (exact) mass is 320 g/mol. The number of rotatable bonds is 6. The van der Waals surface area contributed by atoms with Gasteiger partial charge >= 0.3 is 5.97 Å². The van der Waals surface area contributed by atoms with Crippen LogP contribution in [0.25, 0.3) is 0 Å². The molecule has 0 aliphatic rings. The first-order chi connectivity index (χ1) is 8.10. The molecule has 0 spiro atoms. The summed E-state index contributed by atoms with van der Waals surface area (Å²) in [6.45, 7) is 4.32. The Labute approximate surface area is 114 Å². The van der Waals surface area contributed by atoms with Crippen molar-refractivity contribution in [2.75, 3.05) is 12.4 Å². The van der Waals surface area contributed by atoms with E-state index >= 15 is 0 Å². The van der Waals surface area contributed by atoms with Gasteiger partial charge < -0.3 is 4.74 Å². The zero-order chi connectivity index (χ0) is 12.8. The van der Waals surface area contributed by atoms with Gasteiger partial charge in [0.2, 0.25) is 0 Å². The van der Waals surface area contributed by atoms with Crippen LogP contribution in [0, 0.1) is 0 Å². The van der Waals surface area contributed by atoms with Crippen molar-refractivity contribution in [3.8, 4) is 0 Å². The SMILES string of the molecule is CCOC(=O)CSCc1c(Br)c(CC)nn1C. The molecule has 4 nitrogen and oxygen atoms in total. The molecule has 1 rings (SSSR count). The third-order valence-corrected chi connectivity index (χ3v) is 4.10. The van der Waals surface area contributed by atoms with Crippen LogP contribution in [0.5, 0.6) is 0 Å². The molecule has 0 fully saturated rings. The molecule has 6 heteroatoms. The van der Waals surface area contributed by atoms with Crippen LogP contribution < -0.4 is 0 Å². The van der Waals surface area contributed by atoms with Gasteiger partial charge in [0.05, 0.1) is 28.2 Å². The molecule has 1 aromatic rings. The van der Waals surface area contributed by atoms with E-state index in [4.69, 9.17) is 4.74 Å². The summed E-state index contributed by atoms with van der Waals surface area (Å²) in [5, 5.41) is 4.40. The second-order valence-electron chi connectivity index (χ2n) is 3.48. The van der Waals surface area contributed by atoms with Gasteiger partial charge in [-0.1, -0.05) is 6.92 Å². The van der Waals surface area contributed by atoms with Crippen molar-refractivity contribution >= 4 is 33.7 Å². The van der Waals surface area contributed by atoms with Gasteiger partial charge in [-0.15, -0.1) is 11.8 Å². The Hall–Kier alpha value is -0.490. The molecule has 17 heavy (non-hydrogen) atoms. The maximum Gasteiger partial charge on any atom is 0.315 e. The molecule has 0 aliphatic heterocycles. The summed E-state index contributed by atoms with van der Waals surface area (Å²) in [7, 11) is 1.92. The summed E-state index contributed by atoms with van der Waals surface area (Å²) in [4.78, 5) is 11.2. The number of aromatic nitrogens is 2. The van der Waals surface area contributed by atoms with Crippen molar-refractivity contribution in [3.05, 3.63) is 15.9 Å². The van der Waals surface area contributed by atoms with E-state index in [9.17, 15) is 4.79 Å². The quantitative estimate of drug-likeness (QED) is 0.755. The highest BCUT2D eigenvalue weighted by molar-refractivity contribution is 9.10. The number of ether oxygens (including phenoxy) is 1. The topological polar surface area (TPSA) is 44.1 Å². The molecule has 96 valence electrons. The van der Waals surface area contributed by atoms with Gasteiger partial charge in [0.1, 0.15) is 0 Å². The largest absolute Gasteiger partial charge is 0.465 e. The normalized spacial score (nSPS) is 10.6. The molecule has 0 aromatic carbocycles. The Balaban J connectivity index is 2.52. The Bertz CT molecular complexity index is 393. The highest BCUT2D eigenvalue weighted by atomic mass is 79.9. The first-order valence-electron chi connectivity index (χ1n) is 5.53. The number of nitrogens with zero attached hydrogens (tertiary/aromatic N) is 2. The van der Waals surface area contributed by atoms with E-state index in [1.165, 1.54) is 0 Å². The Kier molecular flexibility index (Phi) is 6.05. The molecule has 0 bridgehead atoms. The Morgan fingerprint density at radius 3 is 2.76 bits per heavy atom. The average Bonchev–Trinajstić information content (AvgIpc) is 2.56. The minimum atomic E-state index is -0.161. The van der Waals surface area contributed by atoms with Crippen molar-refractivity contribution in [2.24, 2.45) is 7.05 Å². The molecule has 0 saturated heterocycles. The number of carbonyl (C=O) groups is 1. The molecule has 0 radical (unpaired) electrons. The van der Waals surface area contributed by atoms with Crippen molar-refractivity contribution in [1.29, 1.82) is 0 Å². The van der Waals surface area contributed by atoms with Crippen LogP contribution in [0.1, 0.15) is 25.2 Å². The smallest absolute Gasteiger partial charge is 0.315 e. The maximum absolute atomic E-state index is 11.2. The fourth-order valence-corrected chi connectivity index (χ4v) is 3.23. The van der Waals surface area contributed by atoms with Gasteiger partial charge in [0, 0.05) is 12.8 Å². The third-order valence-electron chi connectivity index (χ3n) is 2.27. The van der Waals surface area contributed by atoms with E-state index in [0.29, 0.717) is 12.4 Å². The van der Waals surface area contributed by atoms with Crippen molar-refractivity contribution < 1.29 is 9.53 Å². The molecular weight excluding hydrogens is 304 g/mol. The summed E-state index contributed by atoms with van der Waals surface area (Å²) >= 11 is 5.09. The standard InChI is InChI=1S/C11H17BrN2O2S/c1-4-8-11(12)9(14(3)13-8)6-17-7-10(15)16-5-2/h4-7H2,1-3H3. The van der Waals surface area contributed by atoms with Gasteiger partial charge in [-0.3, -0.25) is 9.48 Å². The first kappa shape index (κ1) is 14.6. The maximum atomic E-state index is 11.2. The van der Waals surface area contributed by atoms with Crippen LogP contribution in [-0.4, -0.2) is 28.1 Å². The lowest BCUT2D eigenvalue weighted by Gasteiger charge is -2.03. The molecular formula is C11H17BrN2O2S. The molecule has 0 N–H and O–H groups in total. The first-order valence-corrected chi connectivity index (χ1v) is 7.48. The van der Waals surface area contributed by atoms with Crippen molar-refractivity contribution in [2.45, 2.75) is 26.0 Å². The van der Waals surface area contributed by atoms with E-state index in [-0.39, 0.29) is 5.97 Å². The number of esters is 1. The molecule has 1 aromatic heterocycles. The summed E-state index contributed by atoms with van der Waals surface area (Å²) in [5.74, 6) is 0.974. The zero-order valence-corrected chi connectivity index (χ0v) is 12.7. The Morgan fingerprint density at radius 2 is 2.24 bits per heavy atom. The zero-order valence-electron chi connectivity index (χ0n) is 10.3. The van der Waals surface area contributed by atoms with E-state index in [1.807, 2.05) is 18.7 Å². The molecule has 0 amide bonds. The van der Waals surface area contributed by atoms with Gasteiger partial charge in [-0.25, -0.2) is 0 Å². The number of hydrogen-bond donors (Lipinski definition) is 0. The fourth-order valence-electron chi connectivity index (χ4n) is 1.41. The second kappa shape index (κ2) is 7.06. The van der Waals surface area contributed by atoms with Crippen molar-refractivity contribution in [1.82, 2.24) is 9.78 Å². The number of hydrogen-bond acceptors (Lipinski definition) is 4. The number of carbonyl (C=O) groups excluding carboxylic acids is 1. The van der Waals surface area contributed by atoms with E-state index in [1.54, 1.807) is 11.8 Å². The van der Waals surface area contributed by atoms with Crippen LogP contribution >= 0.6 is 27.7 Å². The summed E-state index contributed by atoms with van der Waals surface area (Å²) in [6, 6.07) is 0. The van der Waals surface area contributed by atoms with Crippen molar-refractivity contribution in [3.63, 3.8) is 0 Å². The lowest BCUT2D eigenvalue weighted by molar-refractivity contribution is -0.139. The predicted octanol–water partition coefficient (Wildman–Crippen LogP) is 2.54. The molecule has 0 unspecified atom stereocenters. The molecule has 1 heterocycles. The minimum absolute atomic E-state index is 0.161. The predicted molar refractivity (Wildman–Crippen MR) is 73.1 cm³/mol. The van der Waals surface area contributed by atoms with Crippen LogP contribution in [0.3, 0.4) is 0 Å². The van der Waals surface area contributed by atoms with E-state index < -0.39 is 0 Å². The Morgan fingerprint density at radius 1 is 1.53 bits per heavy atom. The summed E-state index contributed by atoms with van der Waals surface area (Å²) < 4.78 is 7.79. The van der Waals surface area contributed by atoms with E-state index in [2.05, 4.69) is 28.0 Å². The van der Waals surface area contributed by atoms with Gasteiger partial charge in [0.15, 0.2) is 0 Å². The molecule has 0 atom stereocenters. The third kappa shape index (κ3) is 4.03. The minimum Gasteiger partial charge on any atom is -0.465 e. The van der Waals surface area contributed by atoms with Crippen LogP contribution in [-0.2, 0) is 28.8 Å². The highest BCUT2D eigenvalue weighted by Crippen LogP contribution is 2.25. The van der Waals surface area contributed by atoms with Gasteiger partial charge in [0.25, 0.3) is 0 Å². The average molecular weight is 321 g/mol. The molecule has 0 aliphatic carbocycles. The summed E-state index contributed by atoms with van der Waals surface area (Å²) in [6.07, 6.45) is 0.900. The number of thioether (sulfide) groups is 1. The van der Waals surface area contributed by atoms with E-state index in [0.717, 1.165) is 28.0 Å². The van der Waals surface area contributed by atoms with Crippen LogP contribution in [0.2, 0.25) is 0 Å².